The third kappa shape index (κ3) is 2.60. The lowest BCUT2D eigenvalue weighted by molar-refractivity contribution is 0.414. The number of hydrogen-bond acceptors (Lipinski definition) is 4. The Morgan fingerprint density at radius 1 is 1.23 bits per heavy atom. The number of piperidine rings is 1. The third-order valence-electron chi connectivity index (χ3n) is 4.30. The molecule has 4 nitrogen and oxygen atoms in total. The Balaban J connectivity index is 1.81. The van der Waals surface area contributed by atoms with Crippen LogP contribution in [-0.4, -0.2) is 18.1 Å². The first-order chi connectivity index (χ1) is 10.6. The van der Waals surface area contributed by atoms with E-state index in [9.17, 15) is 5.26 Å². The van der Waals surface area contributed by atoms with E-state index in [0.29, 0.717) is 10.7 Å². The van der Waals surface area contributed by atoms with Crippen LogP contribution >= 0.6 is 11.6 Å². The number of anilines is 2. The third-order valence-corrected chi connectivity index (χ3v) is 4.58. The Hall–Kier alpha value is -2.25. The van der Waals surface area contributed by atoms with E-state index in [1.165, 1.54) is 0 Å². The molecule has 1 aromatic carbocycles. The summed E-state index contributed by atoms with van der Waals surface area (Å²) in [5.74, 6) is 0.746. The molecule has 0 amide bonds. The molecule has 0 radical (unpaired) electrons. The quantitative estimate of drug-likeness (QED) is 0.923. The summed E-state index contributed by atoms with van der Waals surface area (Å²) in [5, 5.41) is 10.3. The number of nitrogen functional groups attached to an aromatic ring is 1. The van der Waals surface area contributed by atoms with Crippen molar-refractivity contribution in [2.75, 3.05) is 23.7 Å². The van der Waals surface area contributed by atoms with Gasteiger partial charge in [-0.15, -0.1) is 0 Å². The van der Waals surface area contributed by atoms with Crippen LogP contribution in [0.3, 0.4) is 0 Å². The van der Waals surface area contributed by atoms with Gasteiger partial charge in [-0.05, 0) is 24.5 Å². The molecular weight excluding hydrogens is 296 g/mol. The summed E-state index contributed by atoms with van der Waals surface area (Å²) in [6, 6.07) is 14.3. The van der Waals surface area contributed by atoms with Crippen molar-refractivity contribution in [1.29, 1.82) is 5.26 Å². The van der Waals surface area contributed by atoms with E-state index in [4.69, 9.17) is 17.3 Å². The largest absolute Gasteiger partial charge is 0.397 e. The van der Waals surface area contributed by atoms with Gasteiger partial charge in [0.1, 0.15) is 5.82 Å². The van der Waals surface area contributed by atoms with Crippen LogP contribution in [0.25, 0.3) is 0 Å². The van der Waals surface area contributed by atoms with Gasteiger partial charge in [-0.25, -0.2) is 4.98 Å². The average molecular weight is 313 g/mol. The molecule has 0 bridgehead atoms. The average Bonchev–Trinajstić information content (AvgIpc) is 2.56. The van der Waals surface area contributed by atoms with Crippen LogP contribution in [0.1, 0.15) is 18.4 Å². The lowest BCUT2D eigenvalue weighted by Gasteiger charge is -2.38. The molecule has 0 saturated carbocycles. The topological polar surface area (TPSA) is 65.9 Å². The summed E-state index contributed by atoms with van der Waals surface area (Å²) in [6.07, 6.45) is 3.14. The molecule has 22 heavy (non-hydrogen) atoms. The maximum absolute atomic E-state index is 9.72. The molecule has 2 aromatic rings. The first-order valence-corrected chi connectivity index (χ1v) is 7.65. The molecule has 1 fully saturated rings. The molecule has 0 unspecified atom stereocenters. The Morgan fingerprint density at radius 2 is 1.91 bits per heavy atom. The number of pyridine rings is 1. The Morgan fingerprint density at radius 3 is 2.50 bits per heavy atom. The molecule has 2 N–H and O–H groups in total. The fourth-order valence-electron chi connectivity index (χ4n) is 3.00. The van der Waals surface area contributed by atoms with Gasteiger partial charge in [-0.2, -0.15) is 5.26 Å². The molecule has 2 heterocycles. The maximum Gasteiger partial charge on any atom is 0.147 e. The normalized spacial score (nSPS) is 17.0. The predicted molar refractivity (Wildman–Crippen MR) is 88.8 cm³/mol. The highest BCUT2D eigenvalue weighted by molar-refractivity contribution is 6.33. The highest BCUT2D eigenvalue weighted by atomic mass is 35.5. The van der Waals surface area contributed by atoms with Crippen LogP contribution < -0.4 is 10.6 Å². The van der Waals surface area contributed by atoms with E-state index in [0.717, 1.165) is 37.3 Å². The van der Waals surface area contributed by atoms with Crippen LogP contribution in [0, 0.1) is 11.3 Å². The van der Waals surface area contributed by atoms with Gasteiger partial charge in [0.15, 0.2) is 0 Å². The number of hydrogen-bond donors (Lipinski definition) is 1. The van der Waals surface area contributed by atoms with Gasteiger partial charge in [0.05, 0.1) is 28.4 Å². The molecule has 1 saturated heterocycles. The molecule has 1 aromatic heterocycles. The van der Waals surface area contributed by atoms with Gasteiger partial charge in [0, 0.05) is 13.1 Å². The molecule has 0 spiro atoms. The van der Waals surface area contributed by atoms with Crippen molar-refractivity contribution in [2.45, 2.75) is 18.3 Å². The van der Waals surface area contributed by atoms with E-state index in [2.05, 4.69) is 16.0 Å². The second-order valence-electron chi connectivity index (χ2n) is 5.62. The van der Waals surface area contributed by atoms with E-state index in [-0.39, 0.29) is 0 Å². The van der Waals surface area contributed by atoms with Crippen molar-refractivity contribution in [2.24, 2.45) is 0 Å². The van der Waals surface area contributed by atoms with Crippen molar-refractivity contribution in [3.8, 4) is 6.07 Å². The monoisotopic (exact) mass is 312 g/mol. The Kier molecular flexibility index (Phi) is 3.91. The van der Waals surface area contributed by atoms with E-state index < -0.39 is 5.41 Å². The Bertz CT molecular complexity index is 700. The zero-order valence-corrected chi connectivity index (χ0v) is 12.9. The number of halogens is 1. The zero-order valence-electron chi connectivity index (χ0n) is 12.2. The van der Waals surface area contributed by atoms with Gasteiger partial charge < -0.3 is 10.6 Å². The summed E-state index contributed by atoms with van der Waals surface area (Å²) in [5.41, 5.74) is 6.92. The lowest BCUT2D eigenvalue weighted by Crippen LogP contribution is -2.42. The molecular formula is C17H17ClN4. The van der Waals surface area contributed by atoms with Crippen molar-refractivity contribution in [3.63, 3.8) is 0 Å². The molecule has 0 atom stereocenters. The van der Waals surface area contributed by atoms with Crippen molar-refractivity contribution < 1.29 is 0 Å². The van der Waals surface area contributed by atoms with Crippen LogP contribution in [0.4, 0.5) is 11.5 Å². The van der Waals surface area contributed by atoms with Gasteiger partial charge in [0.25, 0.3) is 0 Å². The van der Waals surface area contributed by atoms with E-state index in [1.54, 1.807) is 12.3 Å². The molecule has 0 aliphatic carbocycles. The van der Waals surface area contributed by atoms with E-state index in [1.807, 2.05) is 30.3 Å². The maximum atomic E-state index is 9.72. The fraction of sp³-hybridized carbons (Fsp3) is 0.294. The second-order valence-corrected chi connectivity index (χ2v) is 6.03. The van der Waals surface area contributed by atoms with Gasteiger partial charge in [-0.3, -0.25) is 0 Å². The Labute approximate surface area is 135 Å². The van der Waals surface area contributed by atoms with Crippen molar-refractivity contribution >= 4 is 23.1 Å². The number of benzene rings is 1. The van der Waals surface area contributed by atoms with Gasteiger partial charge >= 0.3 is 0 Å². The number of nitrogens with zero attached hydrogens (tertiary/aromatic N) is 3. The number of nitriles is 1. The lowest BCUT2D eigenvalue weighted by atomic mass is 9.74. The van der Waals surface area contributed by atoms with Crippen LogP contribution in [0.2, 0.25) is 5.02 Å². The summed E-state index contributed by atoms with van der Waals surface area (Å²) in [7, 11) is 0. The summed E-state index contributed by atoms with van der Waals surface area (Å²) in [4.78, 5) is 6.46. The smallest absolute Gasteiger partial charge is 0.147 e. The SMILES string of the molecule is N#CC1(c2ccccc2)CCN(c2ncc(N)cc2Cl)CC1. The molecule has 1 aliphatic heterocycles. The first-order valence-electron chi connectivity index (χ1n) is 7.27. The van der Waals surface area contributed by atoms with Crippen LogP contribution in [-0.2, 0) is 5.41 Å². The molecule has 5 heteroatoms. The second kappa shape index (κ2) is 5.86. The molecule has 3 rings (SSSR count). The van der Waals surface area contributed by atoms with Crippen molar-refractivity contribution in [1.82, 2.24) is 4.98 Å². The standard InChI is InChI=1S/C17H17ClN4/c18-15-10-14(20)11-21-16(15)22-8-6-17(12-19,7-9-22)13-4-2-1-3-5-13/h1-5,10-11H,6-9,20H2. The zero-order chi connectivity index (χ0) is 15.6. The minimum atomic E-state index is -0.419. The van der Waals surface area contributed by atoms with Crippen molar-refractivity contribution in [3.05, 3.63) is 53.2 Å². The summed E-state index contributed by atoms with van der Waals surface area (Å²) in [6.45, 7) is 1.50. The van der Waals surface area contributed by atoms with Crippen LogP contribution in [0.5, 0.6) is 0 Å². The predicted octanol–water partition coefficient (Wildman–Crippen LogP) is 3.38. The van der Waals surface area contributed by atoms with Crippen LogP contribution in [0.15, 0.2) is 42.6 Å². The number of rotatable bonds is 2. The number of nitrogens with two attached hydrogens (primary N) is 1. The highest BCUT2D eigenvalue weighted by Gasteiger charge is 2.37. The van der Waals surface area contributed by atoms with E-state index >= 15 is 0 Å². The highest BCUT2D eigenvalue weighted by Crippen LogP contribution is 2.37. The molecule has 1 aliphatic rings. The van der Waals surface area contributed by atoms with Gasteiger partial charge in [0.2, 0.25) is 0 Å². The number of aromatic nitrogens is 1. The summed E-state index contributed by atoms with van der Waals surface area (Å²) < 4.78 is 0. The molecule has 112 valence electrons. The minimum Gasteiger partial charge on any atom is -0.397 e. The van der Waals surface area contributed by atoms with Gasteiger partial charge in [-0.1, -0.05) is 41.9 Å². The minimum absolute atomic E-state index is 0.419. The summed E-state index contributed by atoms with van der Waals surface area (Å²) >= 11 is 6.24. The first kappa shape index (κ1) is 14.7. The fourth-order valence-corrected chi connectivity index (χ4v) is 3.29.